The summed E-state index contributed by atoms with van der Waals surface area (Å²) in [6.45, 7) is 2.32. The third-order valence-corrected chi connectivity index (χ3v) is 5.23. The predicted octanol–water partition coefficient (Wildman–Crippen LogP) is 3.11. The second-order valence-corrected chi connectivity index (χ2v) is 7.69. The first-order valence-electron chi connectivity index (χ1n) is 7.02. The molecular weight excluding hydrogens is 354 g/mol. The lowest BCUT2D eigenvalue weighted by atomic mass is 10.1. The third-order valence-electron chi connectivity index (χ3n) is 3.43. The molecule has 0 radical (unpaired) electrons. The fraction of sp³-hybridized carbons (Fsp3) is 0.400. The van der Waals surface area contributed by atoms with Gasteiger partial charge in [-0.15, -0.1) is 11.3 Å². The van der Waals surface area contributed by atoms with Crippen LogP contribution in [0, 0.1) is 6.92 Å². The van der Waals surface area contributed by atoms with Gasteiger partial charge in [0.25, 0.3) is 5.56 Å². The summed E-state index contributed by atoms with van der Waals surface area (Å²) in [6, 6.07) is 3.73. The maximum absolute atomic E-state index is 12.2. The number of rotatable bonds is 6. The van der Waals surface area contributed by atoms with E-state index in [-0.39, 0.29) is 17.9 Å². The number of aryl methyl sites for hydroxylation is 1. The average molecular weight is 372 g/mol. The standard InChI is InChI=1S/C15H18ClN3O2S2/c1-9-11(14(21)18-15(17-9)22-3)5-7-13(20)19(2)8-10-4-6-12(16)23-10/h4,6H,5,7-8H2,1-3H3,(H,17,18,21). The number of H-pyrrole nitrogens is 1. The Labute approximate surface area is 148 Å². The first-order valence-corrected chi connectivity index (χ1v) is 9.44. The summed E-state index contributed by atoms with van der Waals surface area (Å²) < 4.78 is 0.711. The highest BCUT2D eigenvalue weighted by molar-refractivity contribution is 7.98. The highest BCUT2D eigenvalue weighted by atomic mass is 35.5. The molecule has 0 bridgehead atoms. The van der Waals surface area contributed by atoms with Crippen molar-refractivity contribution >= 4 is 40.6 Å². The molecule has 2 heterocycles. The molecule has 5 nitrogen and oxygen atoms in total. The van der Waals surface area contributed by atoms with Gasteiger partial charge in [0.1, 0.15) is 0 Å². The Bertz CT molecular complexity index is 757. The molecule has 2 rings (SSSR count). The fourth-order valence-electron chi connectivity index (χ4n) is 2.16. The van der Waals surface area contributed by atoms with E-state index in [4.69, 9.17) is 11.6 Å². The number of nitrogens with zero attached hydrogens (tertiary/aromatic N) is 2. The highest BCUT2D eigenvalue weighted by Crippen LogP contribution is 2.22. The van der Waals surface area contributed by atoms with Crippen molar-refractivity contribution in [1.82, 2.24) is 14.9 Å². The molecule has 0 aromatic carbocycles. The molecule has 0 saturated heterocycles. The Morgan fingerprint density at radius 1 is 1.48 bits per heavy atom. The molecular formula is C15H18ClN3O2S2. The van der Waals surface area contributed by atoms with Crippen LogP contribution in [-0.2, 0) is 17.8 Å². The van der Waals surface area contributed by atoms with Gasteiger partial charge in [-0.3, -0.25) is 9.59 Å². The second kappa shape index (κ2) is 7.99. The van der Waals surface area contributed by atoms with Crippen LogP contribution in [0.3, 0.4) is 0 Å². The zero-order valence-corrected chi connectivity index (χ0v) is 15.6. The summed E-state index contributed by atoms with van der Waals surface area (Å²) in [6.07, 6.45) is 2.52. The van der Waals surface area contributed by atoms with Gasteiger partial charge in [0.05, 0.1) is 10.9 Å². The lowest BCUT2D eigenvalue weighted by Crippen LogP contribution is -2.27. The number of nitrogens with one attached hydrogen (secondary N) is 1. The Morgan fingerprint density at radius 2 is 2.22 bits per heavy atom. The smallest absolute Gasteiger partial charge is 0.254 e. The molecule has 0 atom stereocenters. The van der Waals surface area contributed by atoms with E-state index in [2.05, 4.69) is 9.97 Å². The van der Waals surface area contributed by atoms with Crippen LogP contribution in [0.25, 0.3) is 0 Å². The minimum absolute atomic E-state index is 0.0118. The number of carbonyl (C=O) groups is 1. The normalized spacial score (nSPS) is 10.8. The summed E-state index contributed by atoms with van der Waals surface area (Å²) in [5.74, 6) is -0.0118. The van der Waals surface area contributed by atoms with Crippen molar-refractivity contribution in [3.05, 3.63) is 43.0 Å². The molecule has 0 aliphatic heterocycles. The van der Waals surface area contributed by atoms with E-state index in [0.29, 0.717) is 33.7 Å². The molecule has 2 aromatic rings. The lowest BCUT2D eigenvalue weighted by molar-refractivity contribution is -0.130. The van der Waals surface area contributed by atoms with Gasteiger partial charge in [-0.2, -0.15) is 0 Å². The number of thiophene rings is 1. The van der Waals surface area contributed by atoms with Gasteiger partial charge < -0.3 is 9.88 Å². The van der Waals surface area contributed by atoms with Crippen LogP contribution in [0.15, 0.2) is 22.1 Å². The van der Waals surface area contributed by atoms with Gasteiger partial charge in [0.2, 0.25) is 5.91 Å². The summed E-state index contributed by atoms with van der Waals surface area (Å²) in [5, 5.41) is 0.592. The zero-order chi connectivity index (χ0) is 17.0. The lowest BCUT2D eigenvalue weighted by Gasteiger charge is -2.16. The number of halogens is 1. The minimum Gasteiger partial charge on any atom is -0.341 e. The molecule has 0 aliphatic rings. The van der Waals surface area contributed by atoms with Gasteiger partial charge in [-0.1, -0.05) is 23.4 Å². The van der Waals surface area contributed by atoms with Gasteiger partial charge in [-0.05, 0) is 31.7 Å². The summed E-state index contributed by atoms with van der Waals surface area (Å²) >= 11 is 8.74. The molecule has 1 amide bonds. The molecule has 1 N–H and O–H groups in total. The number of aromatic amines is 1. The molecule has 0 spiro atoms. The summed E-state index contributed by atoms with van der Waals surface area (Å²) in [7, 11) is 1.75. The van der Waals surface area contributed by atoms with Crippen LogP contribution in [-0.4, -0.2) is 34.1 Å². The van der Waals surface area contributed by atoms with Crippen molar-refractivity contribution in [2.75, 3.05) is 13.3 Å². The first kappa shape index (κ1) is 18.0. The van der Waals surface area contributed by atoms with E-state index in [9.17, 15) is 9.59 Å². The van der Waals surface area contributed by atoms with E-state index < -0.39 is 0 Å². The number of aromatic nitrogens is 2. The third kappa shape index (κ3) is 4.83. The monoisotopic (exact) mass is 371 g/mol. The number of carbonyl (C=O) groups excluding carboxylic acids is 1. The van der Waals surface area contributed by atoms with Crippen molar-refractivity contribution in [2.24, 2.45) is 0 Å². The Balaban J connectivity index is 1.97. The largest absolute Gasteiger partial charge is 0.341 e. The van der Waals surface area contributed by atoms with Crippen molar-refractivity contribution in [2.45, 2.75) is 31.5 Å². The molecule has 2 aromatic heterocycles. The number of hydrogen-bond donors (Lipinski definition) is 1. The molecule has 23 heavy (non-hydrogen) atoms. The number of hydrogen-bond acceptors (Lipinski definition) is 5. The minimum atomic E-state index is -0.164. The van der Waals surface area contributed by atoms with Gasteiger partial charge in [0, 0.05) is 29.6 Å². The second-order valence-electron chi connectivity index (χ2n) is 5.09. The Hall–Kier alpha value is -1.31. The van der Waals surface area contributed by atoms with E-state index in [1.165, 1.54) is 23.1 Å². The molecule has 0 saturated carbocycles. The topological polar surface area (TPSA) is 66.1 Å². The van der Waals surface area contributed by atoms with Crippen LogP contribution >= 0.6 is 34.7 Å². The molecule has 124 valence electrons. The van der Waals surface area contributed by atoms with E-state index in [1.807, 2.05) is 18.4 Å². The molecule has 8 heteroatoms. The Morgan fingerprint density at radius 3 is 2.78 bits per heavy atom. The van der Waals surface area contributed by atoms with Crippen molar-refractivity contribution in [3.8, 4) is 0 Å². The summed E-state index contributed by atoms with van der Waals surface area (Å²) in [5.41, 5.74) is 1.09. The van der Waals surface area contributed by atoms with Gasteiger partial charge in [-0.25, -0.2) is 4.98 Å². The maximum Gasteiger partial charge on any atom is 0.254 e. The van der Waals surface area contributed by atoms with Crippen LogP contribution in [0.1, 0.15) is 22.6 Å². The number of thioether (sulfide) groups is 1. The van der Waals surface area contributed by atoms with Gasteiger partial charge >= 0.3 is 0 Å². The highest BCUT2D eigenvalue weighted by Gasteiger charge is 2.14. The van der Waals surface area contributed by atoms with E-state index in [0.717, 1.165) is 4.88 Å². The van der Waals surface area contributed by atoms with Crippen molar-refractivity contribution < 1.29 is 4.79 Å². The Kier molecular flexibility index (Phi) is 6.26. The fourth-order valence-corrected chi connectivity index (χ4v) is 3.72. The zero-order valence-electron chi connectivity index (χ0n) is 13.2. The van der Waals surface area contributed by atoms with E-state index in [1.54, 1.807) is 18.9 Å². The number of amides is 1. The SMILES string of the molecule is CSc1nc(C)c(CCC(=O)N(C)Cc2ccc(Cl)s2)c(=O)[nH]1. The quantitative estimate of drug-likeness (QED) is 0.625. The first-order chi connectivity index (χ1) is 10.9. The summed E-state index contributed by atoms with van der Waals surface area (Å²) in [4.78, 5) is 34.0. The molecule has 0 fully saturated rings. The van der Waals surface area contributed by atoms with Crippen LogP contribution in [0.5, 0.6) is 0 Å². The predicted molar refractivity (Wildman–Crippen MR) is 95.5 cm³/mol. The maximum atomic E-state index is 12.2. The van der Waals surface area contributed by atoms with Crippen molar-refractivity contribution in [1.29, 1.82) is 0 Å². The average Bonchev–Trinajstić information content (AvgIpc) is 2.90. The van der Waals surface area contributed by atoms with Crippen LogP contribution in [0.4, 0.5) is 0 Å². The van der Waals surface area contributed by atoms with E-state index >= 15 is 0 Å². The molecule has 0 aliphatic carbocycles. The van der Waals surface area contributed by atoms with Gasteiger partial charge in [0.15, 0.2) is 5.16 Å². The molecule has 0 unspecified atom stereocenters. The van der Waals surface area contributed by atoms with Crippen LogP contribution < -0.4 is 5.56 Å². The van der Waals surface area contributed by atoms with Crippen LogP contribution in [0.2, 0.25) is 4.34 Å². The van der Waals surface area contributed by atoms with Crippen molar-refractivity contribution in [3.63, 3.8) is 0 Å².